The summed E-state index contributed by atoms with van der Waals surface area (Å²) in [7, 11) is 0. The lowest BCUT2D eigenvalue weighted by Crippen LogP contribution is -2.54. The van der Waals surface area contributed by atoms with Crippen LogP contribution < -0.4 is 5.32 Å². The summed E-state index contributed by atoms with van der Waals surface area (Å²) in [4.78, 5) is 25.0. The van der Waals surface area contributed by atoms with Crippen molar-refractivity contribution in [3.63, 3.8) is 0 Å². The number of likely N-dealkylation sites (tertiary alicyclic amines) is 1. The van der Waals surface area contributed by atoms with Crippen LogP contribution in [0.1, 0.15) is 24.8 Å². The molecule has 1 heterocycles. The second-order valence-corrected chi connectivity index (χ2v) is 7.86. The predicted molar refractivity (Wildman–Crippen MR) is 105 cm³/mol. The fourth-order valence-corrected chi connectivity index (χ4v) is 4.07. The van der Waals surface area contributed by atoms with Crippen LogP contribution in [0.25, 0.3) is 5.57 Å². The molecule has 1 saturated heterocycles. The number of benzene rings is 1. The quantitative estimate of drug-likeness (QED) is 0.598. The molecule has 1 aromatic rings. The first-order valence-corrected chi connectivity index (χ1v) is 9.77. The van der Waals surface area contributed by atoms with Crippen LogP contribution in [0.5, 0.6) is 0 Å². The van der Waals surface area contributed by atoms with Gasteiger partial charge in [-0.25, -0.2) is 4.79 Å². The molecular formula is C20H20ClF3N2O5. The number of piperidine rings is 1. The Kier molecular flexibility index (Phi) is 6.63. The standard InChI is InChI=1S/C20H20ClF3N2O5/c21-19(31-20(22,23)24)11-13(6-7-15(19)12-4-2-1-3-5-12)25-17(28)16-10-14(27)8-9-26(16)18(29)30/h1-7,14,16,27H,8-11H2,(H,25,28)(H,29,30)/t14-,16+,19?/m0/s1. The van der Waals surface area contributed by atoms with E-state index in [0.29, 0.717) is 5.56 Å². The first-order valence-electron chi connectivity index (χ1n) is 9.39. The summed E-state index contributed by atoms with van der Waals surface area (Å²) in [5.41, 5.74) is 0.496. The number of alkyl halides is 4. The highest BCUT2D eigenvalue weighted by Gasteiger charge is 2.47. The van der Waals surface area contributed by atoms with E-state index in [1.807, 2.05) is 0 Å². The predicted octanol–water partition coefficient (Wildman–Crippen LogP) is 3.45. The average molecular weight is 461 g/mol. The number of halogens is 4. The van der Waals surface area contributed by atoms with Gasteiger partial charge >= 0.3 is 12.5 Å². The van der Waals surface area contributed by atoms with Crippen molar-refractivity contribution in [2.24, 2.45) is 0 Å². The molecule has 31 heavy (non-hydrogen) atoms. The SMILES string of the molecule is O=C(NC1=CC=C(c2ccccc2)C(Cl)(OC(F)(F)F)C1)[C@H]1C[C@@H](O)CCN1C(=O)O. The van der Waals surface area contributed by atoms with E-state index in [4.69, 9.17) is 11.6 Å². The number of allylic oxidation sites excluding steroid dienone is 2. The zero-order valence-corrected chi connectivity index (χ0v) is 16.9. The van der Waals surface area contributed by atoms with Crippen LogP contribution >= 0.6 is 11.6 Å². The molecule has 3 rings (SSSR count). The van der Waals surface area contributed by atoms with Crippen molar-refractivity contribution in [3.8, 4) is 0 Å². The van der Waals surface area contributed by atoms with Crippen LogP contribution in [0.3, 0.4) is 0 Å². The number of aliphatic hydroxyl groups is 1. The van der Waals surface area contributed by atoms with Crippen molar-refractivity contribution in [2.45, 2.75) is 42.8 Å². The highest BCUT2D eigenvalue weighted by molar-refractivity contribution is 6.29. The van der Waals surface area contributed by atoms with Crippen molar-refractivity contribution < 1.29 is 37.7 Å². The first kappa shape index (κ1) is 23.1. The number of hydrogen-bond acceptors (Lipinski definition) is 4. The van der Waals surface area contributed by atoms with Gasteiger partial charge in [0.1, 0.15) is 6.04 Å². The smallest absolute Gasteiger partial charge is 0.465 e. The van der Waals surface area contributed by atoms with Gasteiger partial charge < -0.3 is 15.5 Å². The first-order chi connectivity index (χ1) is 14.5. The number of nitrogens with one attached hydrogen (secondary N) is 1. The minimum atomic E-state index is -5.05. The monoisotopic (exact) mass is 460 g/mol. The second kappa shape index (κ2) is 8.89. The summed E-state index contributed by atoms with van der Waals surface area (Å²) in [5, 5.41) is 19.2. The van der Waals surface area contributed by atoms with E-state index in [2.05, 4.69) is 10.1 Å². The normalized spacial score (nSPS) is 26.7. The maximum atomic E-state index is 13.1. The molecule has 0 aromatic heterocycles. The van der Waals surface area contributed by atoms with E-state index in [9.17, 15) is 33.0 Å². The zero-order chi connectivity index (χ0) is 22.8. The van der Waals surface area contributed by atoms with E-state index in [1.165, 1.54) is 12.2 Å². The Morgan fingerprint density at radius 3 is 2.52 bits per heavy atom. The minimum absolute atomic E-state index is 0.0225. The van der Waals surface area contributed by atoms with Crippen LogP contribution in [0, 0.1) is 0 Å². The van der Waals surface area contributed by atoms with Gasteiger partial charge in [-0.1, -0.05) is 48.0 Å². The highest BCUT2D eigenvalue weighted by atomic mass is 35.5. The molecule has 0 spiro atoms. The van der Waals surface area contributed by atoms with Gasteiger partial charge in [-0.05, 0) is 18.1 Å². The molecule has 168 valence electrons. The van der Waals surface area contributed by atoms with E-state index in [0.717, 1.165) is 4.90 Å². The molecule has 0 saturated carbocycles. The van der Waals surface area contributed by atoms with Gasteiger partial charge in [0.25, 0.3) is 0 Å². The highest BCUT2D eigenvalue weighted by Crippen LogP contribution is 2.45. The molecule has 1 fully saturated rings. The van der Waals surface area contributed by atoms with Crippen LogP contribution in [-0.2, 0) is 9.53 Å². The zero-order valence-electron chi connectivity index (χ0n) is 16.1. The molecule has 3 atom stereocenters. The van der Waals surface area contributed by atoms with Gasteiger partial charge in [-0.3, -0.25) is 14.4 Å². The number of ether oxygens (including phenoxy) is 1. The van der Waals surface area contributed by atoms with Gasteiger partial charge in [0.05, 0.1) is 6.10 Å². The average Bonchev–Trinajstić information content (AvgIpc) is 2.66. The van der Waals surface area contributed by atoms with E-state index >= 15 is 0 Å². The number of carbonyl (C=O) groups is 2. The summed E-state index contributed by atoms with van der Waals surface area (Å²) in [6.45, 7) is -0.0394. The number of amides is 2. The molecule has 1 unspecified atom stereocenters. The van der Waals surface area contributed by atoms with Gasteiger partial charge in [0.15, 0.2) is 5.06 Å². The lowest BCUT2D eigenvalue weighted by atomic mass is 9.92. The topological polar surface area (TPSA) is 99.1 Å². The van der Waals surface area contributed by atoms with Gasteiger partial charge in [-0.15, -0.1) is 13.2 Å². The van der Waals surface area contributed by atoms with Gasteiger partial charge in [0.2, 0.25) is 5.91 Å². The molecule has 1 aliphatic heterocycles. The number of nitrogens with zero attached hydrogens (tertiary/aromatic N) is 1. The van der Waals surface area contributed by atoms with Crippen molar-refractivity contribution in [3.05, 3.63) is 53.7 Å². The molecule has 7 nitrogen and oxygen atoms in total. The number of carboxylic acid groups (broad SMARTS) is 1. The lowest BCUT2D eigenvalue weighted by molar-refractivity contribution is -0.342. The van der Waals surface area contributed by atoms with Crippen molar-refractivity contribution >= 4 is 29.2 Å². The number of carbonyl (C=O) groups excluding carboxylic acids is 1. The summed E-state index contributed by atoms with van der Waals surface area (Å²) in [6.07, 6.45) is -4.99. The maximum absolute atomic E-state index is 13.1. The number of rotatable bonds is 4. The molecule has 1 aromatic carbocycles. The van der Waals surface area contributed by atoms with Crippen molar-refractivity contribution in [1.82, 2.24) is 10.2 Å². The molecule has 2 amide bonds. The Bertz CT molecular complexity index is 906. The summed E-state index contributed by atoms with van der Waals surface area (Å²) >= 11 is 6.28. The number of aliphatic hydroxyl groups excluding tert-OH is 1. The summed E-state index contributed by atoms with van der Waals surface area (Å²) in [5.74, 6) is -0.769. The largest absolute Gasteiger partial charge is 0.524 e. The molecule has 0 radical (unpaired) electrons. The Morgan fingerprint density at radius 1 is 1.23 bits per heavy atom. The van der Waals surface area contributed by atoms with Crippen LogP contribution in [0.2, 0.25) is 0 Å². The third-order valence-electron chi connectivity index (χ3n) is 5.04. The van der Waals surface area contributed by atoms with Crippen LogP contribution in [-0.4, -0.2) is 57.2 Å². The summed E-state index contributed by atoms with van der Waals surface area (Å²) in [6, 6.07) is 6.94. The number of hydrogen-bond donors (Lipinski definition) is 3. The van der Waals surface area contributed by atoms with E-state index < -0.39 is 42.0 Å². The fourth-order valence-electron chi connectivity index (χ4n) is 3.66. The second-order valence-electron chi connectivity index (χ2n) is 7.25. The maximum Gasteiger partial charge on any atom is 0.524 e. The molecular weight excluding hydrogens is 441 g/mol. The third kappa shape index (κ3) is 5.57. The third-order valence-corrected chi connectivity index (χ3v) is 5.45. The molecule has 11 heteroatoms. The van der Waals surface area contributed by atoms with Crippen LogP contribution in [0.15, 0.2) is 48.2 Å². The van der Waals surface area contributed by atoms with Gasteiger partial charge in [0, 0.05) is 30.7 Å². The molecule has 3 N–H and O–H groups in total. The fraction of sp³-hybridized carbons (Fsp3) is 0.400. The lowest BCUT2D eigenvalue weighted by Gasteiger charge is -2.37. The van der Waals surface area contributed by atoms with E-state index in [1.54, 1.807) is 30.3 Å². The summed E-state index contributed by atoms with van der Waals surface area (Å²) < 4.78 is 43.5. The minimum Gasteiger partial charge on any atom is -0.465 e. The van der Waals surface area contributed by atoms with Gasteiger partial charge in [-0.2, -0.15) is 0 Å². The van der Waals surface area contributed by atoms with Crippen LogP contribution in [0.4, 0.5) is 18.0 Å². The molecule has 0 bridgehead atoms. The Balaban J connectivity index is 1.86. The van der Waals surface area contributed by atoms with E-state index in [-0.39, 0.29) is 30.7 Å². The Labute approximate surface area is 180 Å². The molecule has 2 aliphatic rings. The Hall–Kier alpha value is -2.56. The van der Waals surface area contributed by atoms with Crippen molar-refractivity contribution in [1.29, 1.82) is 0 Å². The van der Waals surface area contributed by atoms with Crippen molar-refractivity contribution in [2.75, 3.05) is 6.54 Å². The molecule has 1 aliphatic carbocycles. The Morgan fingerprint density at radius 2 is 1.90 bits per heavy atom.